The number of ether oxygens (including phenoxy) is 2. The Morgan fingerprint density at radius 3 is 2.55 bits per heavy atom. The van der Waals surface area contributed by atoms with E-state index in [1.54, 1.807) is 19.2 Å². The lowest BCUT2D eigenvalue weighted by atomic mass is 10.0. The number of aryl methyl sites for hydroxylation is 1. The molecule has 0 aliphatic rings. The number of thiophene rings is 1. The first-order valence-corrected chi connectivity index (χ1v) is 13.6. The number of hydrazone groups is 1. The smallest absolute Gasteiger partial charge is 0.263 e. The summed E-state index contributed by atoms with van der Waals surface area (Å²) in [4.78, 5) is 32.0. The maximum atomic E-state index is 13.3. The van der Waals surface area contributed by atoms with Gasteiger partial charge < -0.3 is 9.47 Å². The highest BCUT2D eigenvalue weighted by atomic mass is 32.1. The molecule has 0 saturated carbocycles. The van der Waals surface area contributed by atoms with Crippen LogP contribution in [0.4, 0.5) is 0 Å². The van der Waals surface area contributed by atoms with Gasteiger partial charge >= 0.3 is 0 Å². The number of nitrogens with zero attached hydrogens (tertiary/aromatic N) is 3. The maximum absolute atomic E-state index is 13.3. The third-order valence-electron chi connectivity index (χ3n) is 6.31. The molecule has 8 nitrogen and oxygen atoms in total. The Bertz CT molecular complexity index is 1710. The molecule has 0 aliphatic heterocycles. The van der Waals surface area contributed by atoms with Crippen LogP contribution < -0.4 is 20.5 Å². The van der Waals surface area contributed by atoms with Crippen LogP contribution in [-0.4, -0.2) is 35.4 Å². The fourth-order valence-corrected chi connectivity index (χ4v) is 5.38. The summed E-state index contributed by atoms with van der Waals surface area (Å²) in [5.74, 6) is 0.746. The minimum absolute atomic E-state index is 0.209. The first-order valence-electron chi connectivity index (χ1n) is 12.7. The van der Waals surface area contributed by atoms with Crippen molar-refractivity contribution in [1.29, 1.82) is 0 Å². The van der Waals surface area contributed by atoms with E-state index in [0.29, 0.717) is 33.9 Å². The van der Waals surface area contributed by atoms with Crippen LogP contribution in [0.1, 0.15) is 16.0 Å². The van der Waals surface area contributed by atoms with E-state index in [4.69, 9.17) is 9.47 Å². The lowest BCUT2D eigenvalue weighted by Gasteiger charge is -2.11. The number of amides is 1. The van der Waals surface area contributed by atoms with Crippen molar-refractivity contribution in [3.63, 3.8) is 0 Å². The number of carbonyl (C=O) groups is 1. The van der Waals surface area contributed by atoms with E-state index in [0.717, 1.165) is 22.4 Å². The third kappa shape index (κ3) is 6.10. The number of fused-ring (bicyclic) bond motifs is 1. The molecule has 0 fully saturated rings. The second-order valence-electron chi connectivity index (χ2n) is 9.04. The minimum Gasteiger partial charge on any atom is -0.493 e. The summed E-state index contributed by atoms with van der Waals surface area (Å²) in [6.45, 7) is 2.28. The molecule has 2 heterocycles. The van der Waals surface area contributed by atoms with E-state index < -0.39 is 5.91 Å². The largest absolute Gasteiger partial charge is 0.493 e. The maximum Gasteiger partial charge on any atom is 0.263 e. The second kappa shape index (κ2) is 12.4. The molecule has 202 valence electrons. The van der Waals surface area contributed by atoms with Crippen LogP contribution in [0, 0.1) is 6.92 Å². The van der Waals surface area contributed by atoms with Crippen molar-refractivity contribution in [3.8, 4) is 22.6 Å². The molecule has 0 unspecified atom stereocenters. The van der Waals surface area contributed by atoms with Gasteiger partial charge in [0, 0.05) is 16.9 Å². The number of carbonyl (C=O) groups excluding carboxylic acids is 1. The van der Waals surface area contributed by atoms with Crippen molar-refractivity contribution < 1.29 is 14.3 Å². The van der Waals surface area contributed by atoms with Gasteiger partial charge in [-0.25, -0.2) is 10.4 Å². The van der Waals surface area contributed by atoms with Gasteiger partial charge in [0.25, 0.3) is 11.5 Å². The molecule has 0 bridgehead atoms. The summed E-state index contributed by atoms with van der Waals surface area (Å²) in [5.41, 5.74) is 5.93. The van der Waals surface area contributed by atoms with E-state index in [9.17, 15) is 9.59 Å². The highest BCUT2D eigenvalue weighted by molar-refractivity contribution is 7.19. The molecule has 0 aliphatic carbocycles. The fraction of sp³-hybridized carbons (Fsp3) is 0.161. The highest BCUT2D eigenvalue weighted by Crippen LogP contribution is 2.35. The molecule has 9 heteroatoms. The van der Waals surface area contributed by atoms with E-state index in [2.05, 4.69) is 27.6 Å². The Balaban J connectivity index is 1.23. The number of aromatic nitrogens is 2. The molecule has 0 spiro atoms. The number of hydrogen-bond donors (Lipinski definition) is 1. The standard InChI is InChI=1S/C31H28N4O4S/c1-21-28(24-11-7-4-8-12-24)29-30(40-21)32-20-35(31(29)37)19-27(36)34-33-18-23-13-14-25(26(17-23)38-2)39-16-15-22-9-5-3-6-10-22/h3-14,17-18,20H,15-16,19H2,1-2H3,(H,34,36)/b33-18+. The summed E-state index contributed by atoms with van der Waals surface area (Å²) in [6.07, 6.45) is 3.69. The van der Waals surface area contributed by atoms with Gasteiger partial charge in [0.2, 0.25) is 0 Å². The molecule has 5 rings (SSSR count). The summed E-state index contributed by atoms with van der Waals surface area (Å²) >= 11 is 1.47. The summed E-state index contributed by atoms with van der Waals surface area (Å²) in [6, 6.07) is 25.2. The van der Waals surface area contributed by atoms with Crippen molar-refractivity contribution in [2.75, 3.05) is 13.7 Å². The summed E-state index contributed by atoms with van der Waals surface area (Å²) in [7, 11) is 1.57. The van der Waals surface area contributed by atoms with Crippen molar-refractivity contribution >= 4 is 33.7 Å². The first-order chi connectivity index (χ1) is 19.5. The zero-order valence-electron chi connectivity index (χ0n) is 22.2. The normalized spacial score (nSPS) is 11.2. The van der Waals surface area contributed by atoms with Crippen LogP contribution in [0.5, 0.6) is 11.5 Å². The Hall–Kier alpha value is -4.76. The average molecular weight is 553 g/mol. The molecule has 0 saturated heterocycles. The average Bonchev–Trinajstić information content (AvgIpc) is 3.32. The van der Waals surface area contributed by atoms with Gasteiger partial charge in [0.15, 0.2) is 11.5 Å². The zero-order chi connectivity index (χ0) is 27.9. The Kier molecular flexibility index (Phi) is 8.32. The minimum atomic E-state index is -0.444. The Labute approximate surface area is 235 Å². The van der Waals surface area contributed by atoms with Crippen LogP contribution in [0.2, 0.25) is 0 Å². The third-order valence-corrected chi connectivity index (χ3v) is 7.33. The molecule has 40 heavy (non-hydrogen) atoms. The molecular formula is C31H28N4O4S. The molecule has 1 N–H and O–H groups in total. The molecule has 0 atom stereocenters. The van der Waals surface area contributed by atoms with E-state index in [1.807, 2.05) is 61.5 Å². The van der Waals surface area contributed by atoms with Crippen molar-refractivity contribution in [3.05, 3.63) is 112 Å². The number of nitrogens with one attached hydrogen (secondary N) is 1. The molecule has 0 radical (unpaired) electrons. The molecule has 2 aromatic heterocycles. The van der Waals surface area contributed by atoms with Gasteiger partial charge in [0.05, 0.1) is 31.6 Å². The van der Waals surface area contributed by atoms with Gasteiger partial charge in [-0.3, -0.25) is 14.2 Å². The second-order valence-corrected chi connectivity index (χ2v) is 10.2. The molecule has 1 amide bonds. The quantitative estimate of drug-likeness (QED) is 0.190. The summed E-state index contributed by atoms with van der Waals surface area (Å²) < 4.78 is 12.7. The van der Waals surface area contributed by atoms with E-state index >= 15 is 0 Å². The lowest BCUT2D eigenvalue weighted by Crippen LogP contribution is -2.30. The molecule has 5 aromatic rings. The van der Waals surface area contributed by atoms with Gasteiger partial charge in [0.1, 0.15) is 11.4 Å². The molecule has 3 aromatic carbocycles. The fourth-order valence-electron chi connectivity index (χ4n) is 4.38. The van der Waals surface area contributed by atoms with Crippen molar-refractivity contribution in [2.24, 2.45) is 5.10 Å². The van der Waals surface area contributed by atoms with Gasteiger partial charge in [-0.05, 0) is 41.8 Å². The number of hydrogen-bond acceptors (Lipinski definition) is 7. The number of benzene rings is 3. The first kappa shape index (κ1) is 26.8. The van der Waals surface area contributed by atoms with Gasteiger partial charge in [-0.15, -0.1) is 11.3 Å². The predicted octanol–water partition coefficient (Wildman–Crippen LogP) is 5.21. The van der Waals surface area contributed by atoms with Crippen LogP contribution >= 0.6 is 11.3 Å². The monoisotopic (exact) mass is 552 g/mol. The Morgan fingerprint density at radius 1 is 1.05 bits per heavy atom. The van der Waals surface area contributed by atoms with Crippen LogP contribution in [0.3, 0.4) is 0 Å². The summed E-state index contributed by atoms with van der Waals surface area (Å²) in [5, 5.41) is 4.57. The molecular weight excluding hydrogens is 524 g/mol. The van der Waals surface area contributed by atoms with Crippen LogP contribution in [0.25, 0.3) is 21.3 Å². The van der Waals surface area contributed by atoms with Crippen molar-refractivity contribution in [2.45, 2.75) is 19.9 Å². The van der Waals surface area contributed by atoms with Gasteiger partial charge in [-0.1, -0.05) is 60.7 Å². The topological polar surface area (TPSA) is 94.8 Å². The lowest BCUT2D eigenvalue weighted by molar-refractivity contribution is -0.121. The SMILES string of the molecule is COc1cc(/C=N/NC(=O)Cn2cnc3sc(C)c(-c4ccccc4)c3c2=O)ccc1OCCc1ccccc1. The van der Waals surface area contributed by atoms with E-state index in [1.165, 1.54) is 34.0 Å². The predicted molar refractivity (Wildman–Crippen MR) is 158 cm³/mol. The van der Waals surface area contributed by atoms with Crippen LogP contribution in [-0.2, 0) is 17.8 Å². The zero-order valence-corrected chi connectivity index (χ0v) is 23.0. The van der Waals surface area contributed by atoms with Gasteiger partial charge in [-0.2, -0.15) is 5.10 Å². The van der Waals surface area contributed by atoms with Crippen LogP contribution in [0.15, 0.2) is 95.1 Å². The van der Waals surface area contributed by atoms with Crippen molar-refractivity contribution in [1.82, 2.24) is 15.0 Å². The number of methoxy groups -OCH3 is 1. The van der Waals surface area contributed by atoms with E-state index in [-0.39, 0.29) is 12.1 Å². The Morgan fingerprint density at radius 2 is 1.80 bits per heavy atom. The number of rotatable bonds is 10. The highest BCUT2D eigenvalue weighted by Gasteiger charge is 2.17.